The Kier molecular flexibility index (Phi) is 7.75. The summed E-state index contributed by atoms with van der Waals surface area (Å²) in [6.45, 7) is 2.03. The van der Waals surface area contributed by atoms with Crippen LogP contribution in [0.3, 0.4) is 0 Å². The Morgan fingerprint density at radius 3 is 2.55 bits per heavy atom. The molecule has 0 radical (unpaired) electrons. The minimum atomic E-state index is -4.02. The number of nitrogens with one attached hydrogen (secondary N) is 1. The number of hydrogen-bond acceptors (Lipinski definition) is 6. The van der Waals surface area contributed by atoms with Crippen molar-refractivity contribution >= 4 is 50.9 Å². The fourth-order valence-electron chi connectivity index (χ4n) is 3.48. The molecule has 0 aliphatic carbocycles. The van der Waals surface area contributed by atoms with Crippen LogP contribution in [0, 0.1) is 0 Å². The summed E-state index contributed by atoms with van der Waals surface area (Å²) in [6.07, 6.45) is 3.41. The molecule has 1 aromatic carbocycles. The SMILES string of the molecule is CSCCC(NS(=O)(=O)c1cc(Cl)ccc1Cl)C(=O)N1CCC2(CC1)OCCO2. The average molecular weight is 483 g/mol. The van der Waals surface area contributed by atoms with Crippen LogP contribution in [-0.2, 0) is 24.3 Å². The van der Waals surface area contributed by atoms with Crippen molar-refractivity contribution in [1.82, 2.24) is 9.62 Å². The summed E-state index contributed by atoms with van der Waals surface area (Å²) < 4.78 is 39.7. The first kappa shape index (κ1) is 23.1. The molecule has 0 aromatic heterocycles. The van der Waals surface area contributed by atoms with E-state index < -0.39 is 21.9 Å². The number of thioether (sulfide) groups is 1. The Morgan fingerprint density at radius 1 is 1.28 bits per heavy atom. The Hall–Kier alpha value is -0.550. The molecule has 2 saturated heterocycles. The van der Waals surface area contributed by atoms with Gasteiger partial charge in [-0.3, -0.25) is 4.79 Å². The van der Waals surface area contributed by atoms with E-state index >= 15 is 0 Å². The van der Waals surface area contributed by atoms with Gasteiger partial charge < -0.3 is 14.4 Å². The Balaban J connectivity index is 1.73. The summed E-state index contributed by atoms with van der Waals surface area (Å²) in [4.78, 5) is 14.6. The molecule has 2 fully saturated rings. The van der Waals surface area contributed by atoms with E-state index in [1.165, 1.54) is 18.2 Å². The molecule has 0 saturated carbocycles. The zero-order valence-electron chi connectivity index (χ0n) is 16.0. The van der Waals surface area contributed by atoms with Crippen molar-refractivity contribution in [3.8, 4) is 0 Å². The van der Waals surface area contributed by atoms with Crippen molar-refractivity contribution in [2.75, 3.05) is 38.3 Å². The molecule has 2 heterocycles. The first-order valence-corrected chi connectivity index (χ1v) is 12.9. The number of benzene rings is 1. The fraction of sp³-hybridized carbons (Fsp3) is 0.611. The highest BCUT2D eigenvalue weighted by Crippen LogP contribution is 2.32. The number of amides is 1. The maximum atomic E-state index is 13.1. The topological polar surface area (TPSA) is 84.9 Å². The minimum Gasteiger partial charge on any atom is -0.347 e. The van der Waals surface area contributed by atoms with Gasteiger partial charge in [-0.05, 0) is 36.6 Å². The Morgan fingerprint density at radius 2 is 1.93 bits per heavy atom. The van der Waals surface area contributed by atoms with Gasteiger partial charge in [0, 0.05) is 31.0 Å². The van der Waals surface area contributed by atoms with Crippen LogP contribution in [-0.4, -0.2) is 69.4 Å². The van der Waals surface area contributed by atoms with Crippen LogP contribution in [0.15, 0.2) is 23.1 Å². The smallest absolute Gasteiger partial charge is 0.242 e. The van der Waals surface area contributed by atoms with Gasteiger partial charge >= 0.3 is 0 Å². The van der Waals surface area contributed by atoms with Gasteiger partial charge in [0.25, 0.3) is 0 Å². The highest BCUT2D eigenvalue weighted by molar-refractivity contribution is 7.98. The Labute approximate surface area is 185 Å². The molecule has 3 rings (SSSR count). The van der Waals surface area contributed by atoms with E-state index in [9.17, 15) is 13.2 Å². The molecule has 2 aliphatic rings. The molecule has 2 aliphatic heterocycles. The fourth-order valence-corrected chi connectivity index (χ4v) is 5.93. The first-order valence-electron chi connectivity index (χ1n) is 9.29. The van der Waals surface area contributed by atoms with E-state index in [1.807, 2.05) is 6.26 Å². The standard InChI is InChI=1S/C18H24Cl2N2O5S2/c1-28-11-4-15(21-29(24,25)16-12-13(19)2-3-14(16)20)17(23)22-7-5-18(6-8-22)26-9-10-27-18/h2-3,12,15,21H,4-11H2,1H3. The monoisotopic (exact) mass is 482 g/mol. The van der Waals surface area contributed by atoms with Crippen molar-refractivity contribution in [3.05, 3.63) is 28.2 Å². The van der Waals surface area contributed by atoms with Crippen molar-refractivity contribution in [2.45, 2.75) is 36.0 Å². The van der Waals surface area contributed by atoms with Crippen molar-refractivity contribution in [1.29, 1.82) is 0 Å². The summed E-state index contributed by atoms with van der Waals surface area (Å²) in [5.41, 5.74) is 0. The molecule has 1 atom stereocenters. The maximum absolute atomic E-state index is 13.1. The second kappa shape index (κ2) is 9.72. The number of piperidine rings is 1. The second-order valence-corrected chi connectivity index (χ2v) is 10.5. The molecule has 162 valence electrons. The summed E-state index contributed by atoms with van der Waals surface area (Å²) >= 11 is 13.5. The predicted octanol–water partition coefficient (Wildman–Crippen LogP) is 2.76. The molecule has 1 unspecified atom stereocenters. The average Bonchev–Trinajstić information content (AvgIpc) is 3.15. The quantitative estimate of drug-likeness (QED) is 0.642. The van der Waals surface area contributed by atoms with Gasteiger partial charge in [0.15, 0.2) is 5.79 Å². The van der Waals surface area contributed by atoms with Crippen LogP contribution >= 0.6 is 35.0 Å². The van der Waals surface area contributed by atoms with Crippen LogP contribution in [0.1, 0.15) is 19.3 Å². The molecule has 0 bridgehead atoms. The number of hydrogen-bond donors (Lipinski definition) is 1. The van der Waals surface area contributed by atoms with Crippen molar-refractivity contribution in [3.63, 3.8) is 0 Å². The largest absolute Gasteiger partial charge is 0.347 e. The Bertz CT molecular complexity index is 837. The van der Waals surface area contributed by atoms with Gasteiger partial charge in [-0.15, -0.1) is 0 Å². The lowest BCUT2D eigenvalue weighted by molar-refractivity contribution is -0.187. The normalized spacial score (nSPS) is 20.2. The van der Waals surface area contributed by atoms with Crippen LogP contribution in [0.25, 0.3) is 0 Å². The molecular weight excluding hydrogens is 459 g/mol. The van der Waals surface area contributed by atoms with Crippen LogP contribution < -0.4 is 4.72 Å². The van der Waals surface area contributed by atoms with E-state index in [1.54, 1.807) is 16.7 Å². The van der Waals surface area contributed by atoms with Crippen LogP contribution in [0.4, 0.5) is 0 Å². The number of nitrogens with zero attached hydrogens (tertiary/aromatic N) is 1. The zero-order valence-corrected chi connectivity index (χ0v) is 19.2. The zero-order chi connectivity index (χ0) is 21.1. The molecule has 29 heavy (non-hydrogen) atoms. The second-order valence-electron chi connectivity index (χ2n) is 6.96. The van der Waals surface area contributed by atoms with E-state index in [4.69, 9.17) is 32.7 Å². The molecule has 11 heteroatoms. The van der Waals surface area contributed by atoms with E-state index in [-0.39, 0.29) is 20.8 Å². The molecule has 1 amide bonds. The summed E-state index contributed by atoms with van der Waals surface area (Å²) in [6, 6.07) is 3.32. The number of likely N-dealkylation sites (tertiary alicyclic amines) is 1. The highest BCUT2D eigenvalue weighted by Gasteiger charge is 2.42. The predicted molar refractivity (Wildman–Crippen MR) is 114 cm³/mol. The summed E-state index contributed by atoms with van der Waals surface area (Å²) in [5, 5.41) is 0.299. The van der Waals surface area contributed by atoms with Gasteiger partial charge in [-0.2, -0.15) is 16.5 Å². The van der Waals surface area contributed by atoms with E-state index in [0.717, 1.165) is 0 Å². The lowest BCUT2D eigenvalue weighted by Crippen LogP contribution is -2.53. The van der Waals surface area contributed by atoms with Crippen LogP contribution in [0.5, 0.6) is 0 Å². The lowest BCUT2D eigenvalue weighted by atomic mass is 10.0. The molecule has 7 nitrogen and oxygen atoms in total. The number of carbonyl (C=O) groups excluding carboxylic acids is 1. The van der Waals surface area contributed by atoms with Gasteiger partial charge in [0.05, 0.1) is 18.2 Å². The molecular formula is C18H24Cl2N2O5S2. The summed E-state index contributed by atoms with van der Waals surface area (Å²) in [7, 11) is -4.02. The third-order valence-corrected chi connectivity index (χ3v) is 7.87. The number of ether oxygens (including phenoxy) is 2. The van der Waals surface area contributed by atoms with E-state index in [0.29, 0.717) is 51.3 Å². The third kappa shape index (κ3) is 5.58. The van der Waals surface area contributed by atoms with Gasteiger partial charge in [-0.1, -0.05) is 23.2 Å². The number of sulfonamides is 1. The van der Waals surface area contributed by atoms with Gasteiger partial charge in [0.1, 0.15) is 10.9 Å². The lowest BCUT2D eigenvalue weighted by Gasteiger charge is -2.38. The van der Waals surface area contributed by atoms with Gasteiger partial charge in [-0.25, -0.2) is 8.42 Å². The van der Waals surface area contributed by atoms with Crippen molar-refractivity contribution in [2.24, 2.45) is 0 Å². The molecule has 1 aromatic rings. The first-order chi connectivity index (χ1) is 13.8. The third-order valence-electron chi connectivity index (χ3n) is 5.04. The molecule has 1 spiro atoms. The maximum Gasteiger partial charge on any atom is 0.242 e. The summed E-state index contributed by atoms with van der Waals surface area (Å²) in [5.74, 6) is -0.223. The van der Waals surface area contributed by atoms with Crippen LogP contribution in [0.2, 0.25) is 10.0 Å². The van der Waals surface area contributed by atoms with Crippen molar-refractivity contribution < 1.29 is 22.7 Å². The van der Waals surface area contributed by atoms with Gasteiger partial charge in [0.2, 0.25) is 15.9 Å². The minimum absolute atomic E-state index is 0.0495. The van der Waals surface area contributed by atoms with E-state index in [2.05, 4.69) is 4.72 Å². The number of rotatable bonds is 7. The highest BCUT2D eigenvalue weighted by atomic mass is 35.5. The number of carbonyl (C=O) groups is 1. The number of halogens is 2. The molecule has 1 N–H and O–H groups in total.